The van der Waals surface area contributed by atoms with Gasteiger partial charge in [0.15, 0.2) is 5.82 Å². The Morgan fingerprint density at radius 2 is 1.89 bits per heavy atom. The largest absolute Gasteiger partial charge is 0.283 e. The lowest BCUT2D eigenvalue weighted by Crippen LogP contribution is -2.09. The van der Waals surface area contributed by atoms with Gasteiger partial charge in [-0.15, -0.1) is 5.10 Å². The molecule has 0 aliphatic rings. The average molecular weight is 359 g/mol. The lowest BCUT2D eigenvalue weighted by molar-refractivity contribution is 0.470. The maximum absolute atomic E-state index is 4.49. The van der Waals surface area contributed by atoms with Crippen LogP contribution in [0.5, 0.6) is 0 Å². The predicted molar refractivity (Wildman–Crippen MR) is 103 cm³/mol. The van der Waals surface area contributed by atoms with Gasteiger partial charge in [0.25, 0.3) is 0 Å². The number of nitrogens with one attached hydrogen (secondary N) is 1. The topological polar surface area (TPSA) is 85.2 Å². The van der Waals surface area contributed by atoms with Crippen LogP contribution < -0.4 is 0 Å². The Hall–Kier alpha value is -3.35. The maximum Gasteiger partial charge on any atom is 0.159 e. The van der Waals surface area contributed by atoms with Crippen LogP contribution in [0.25, 0.3) is 22.6 Å². The third-order valence-electron chi connectivity index (χ3n) is 4.45. The van der Waals surface area contributed by atoms with Crippen molar-refractivity contribution < 1.29 is 0 Å². The van der Waals surface area contributed by atoms with Gasteiger partial charge in [0.1, 0.15) is 5.69 Å². The first kappa shape index (κ1) is 17.1. The molecule has 0 saturated carbocycles. The van der Waals surface area contributed by atoms with E-state index < -0.39 is 0 Å². The fourth-order valence-corrected chi connectivity index (χ4v) is 2.99. The zero-order valence-electron chi connectivity index (χ0n) is 15.6. The molecule has 3 heterocycles. The van der Waals surface area contributed by atoms with E-state index in [9.17, 15) is 0 Å². The Kier molecular flexibility index (Phi) is 4.50. The molecule has 0 radical (unpaired) electrons. The molecule has 27 heavy (non-hydrogen) atoms. The summed E-state index contributed by atoms with van der Waals surface area (Å²) in [6.07, 6.45) is 6.30. The van der Waals surface area contributed by atoms with Crippen LogP contribution >= 0.6 is 0 Å². The Labute approximate surface area is 157 Å². The quantitative estimate of drug-likeness (QED) is 0.589. The van der Waals surface area contributed by atoms with Gasteiger partial charge in [-0.05, 0) is 32.9 Å². The lowest BCUT2D eigenvalue weighted by Gasteiger charge is -2.08. The van der Waals surface area contributed by atoms with E-state index in [1.165, 1.54) is 5.56 Å². The van der Waals surface area contributed by atoms with Gasteiger partial charge in [-0.25, -0.2) is 14.6 Å². The van der Waals surface area contributed by atoms with Crippen molar-refractivity contribution >= 4 is 0 Å². The van der Waals surface area contributed by atoms with Gasteiger partial charge in [-0.2, -0.15) is 5.10 Å². The van der Waals surface area contributed by atoms with Gasteiger partial charge in [0, 0.05) is 35.6 Å². The van der Waals surface area contributed by atoms with Gasteiger partial charge in [0.2, 0.25) is 0 Å². The highest BCUT2D eigenvalue weighted by atomic mass is 15.4. The molecule has 0 saturated heterocycles. The predicted octanol–water partition coefficient (Wildman–Crippen LogP) is 3.55. The first-order valence-electron chi connectivity index (χ1n) is 8.90. The molecule has 1 N–H and O–H groups in total. The van der Waals surface area contributed by atoms with Crippen molar-refractivity contribution in [3.63, 3.8) is 0 Å². The second kappa shape index (κ2) is 7.11. The number of hydrogen-bond donors (Lipinski definition) is 1. The number of aromatic nitrogens is 7. The average Bonchev–Trinajstić information content (AvgIpc) is 3.31. The molecule has 0 unspecified atom stereocenters. The molecule has 4 aromatic rings. The number of H-pyrrole nitrogens is 1. The first-order chi connectivity index (χ1) is 13.1. The van der Waals surface area contributed by atoms with Crippen LogP contribution in [0.4, 0.5) is 0 Å². The number of rotatable bonds is 5. The van der Waals surface area contributed by atoms with E-state index in [2.05, 4.69) is 56.5 Å². The highest BCUT2D eigenvalue weighted by Crippen LogP contribution is 2.21. The highest BCUT2D eigenvalue weighted by molar-refractivity contribution is 5.60. The van der Waals surface area contributed by atoms with Crippen molar-refractivity contribution in [1.29, 1.82) is 0 Å². The molecule has 0 fully saturated rings. The fraction of sp³-hybridized carbons (Fsp3) is 0.250. The number of nitrogens with zero attached hydrogens (tertiary/aromatic N) is 6. The van der Waals surface area contributed by atoms with E-state index in [1.54, 1.807) is 12.4 Å². The molecule has 0 spiro atoms. The van der Waals surface area contributed by atoms with Crippen LogP contribution in [0.15, 0.2) is 48.9 Å². The first-order valence-corrected chi connectivity index (χ1v) is 8.90. The van der Waals surface area contributed by atoms with E-state index >= 15 is 0 Å². The Morgan fingerprint density at radius 3 is 2.59 bits per heavy atom. The highest BCUT2D eigenvalue weighted by Gasteiger charge is 2.12. The third-order valence-corrected chi connectivity index (χ3v) is 4.45. The number of hydrogen-bond acceptors (Lipinski definition) is 5. The van der Waals surface area contributed by atoms with Gasteiger partial charge >= 0.3 is 0 Å². The van der Waals surface area contributed by atoms with Crippen LogP contribution in [0.3, 0.4) is 0 Å². The lowest BCUT2D eigenvalue weighted by atomic mass is 10.1. The molecule has 0 bridgehead atoms. The zero-order valence-corrected chi connectivity index (χ0v) is 15.6. The van der Waals surface area contributed by atoms with Crippen molar-refractivity contribution in [2.45, 2.75) is 33.2 Å². The van der Waals surface area contributed by atoms with Gasteiger partial charge in [0.05, 0.1) is 17.9 Å². The summed E-state index contributed by atoms with van der Waals surface area (Å²) in [5.74, 6) is 0.706. The molecule has 7 nitrogen and oxygen atoms in total. The minimum atomic E-state index is 0.154. The van der Waals surface area contributed by atoms with Crippen molar-refractivity contribution in [3.05, 3.63) is 65.9 Å². The molecule has 0 amide bonds. The normalized spacial score (nSPS) is 12.3. The minimum absolute atomic E-state index is 0.154. The van der Waals surface area contributed by atoms with E-state index in [0.29, 0.717) is 5.82 Å². The summed E-state index contributed by atoms with van der Waals surface area (Å²) >= 11 is 0. The molecule has 0 aliphatic carbocycles. The summed E-state index contributed by atoms with van der Waals surface area (Å²) in [6, 6.07) is 10.4. The van der Waals surface area contributed by atoms with Crippen molar-refractivity contribution in [2.75, 3.05) is 0 Å². The van der Waals surface area contributed by atoms with E-state index in [4.69, 9.17) is 0 Å². The Bertz CT molecular complexity index is 1050. The number of aryl methyl sites for hydroxylation is 2. The van der Waals surface area contributed by atoms with Gasteiger partial charge in [-0.3, -0.25) is 5.10 Å². The third kappa shape index (κ3) is 3.76. The van der Waals surface area contributed by atoms with Crippen LogP contribution in [0, 0.1) is 13.8 Å². The Balaban J connectivity index is 1.51. The standard InChI is InChI=1S/C20H21N7/c1-13-5-4-6-16(7-13)20-21-10-17(11-22-20)19-12-27(26-25-19)15(3)9-18-8-14(2)23-24-18/h4-8,10-12,15H,9H2,1-3H3,(H,23,24)/t15-/m1/s1. The van der Waals surface area contributed by atoms with Crippen molar-refractivity contribution in [2.24, 2.45) is 0 Å². The molecular weight excluding hydrogens is 338 g/mol. The SMILES string of the molecule is Cc1cccc(-c2ncc(-c3cn([C@H](C)Cc4cc(C)[nH]n4)nn3)cn2)c1. The van der Waals surface area contributed by atoms with Crippen LogP contribution in [-0.2, 0) is 6.42 Å². The minimum Gasteiger partial charge on any atom is -0.283 e. The molecule has 7 heteroatoms. The van der Waals surface area contributed by atoms with Gasteiger partial charge < -0.3 is 0 Å². The van der Waals surface area contributed by atoms with Crippen molar-refractivity contribution in [3.8, 4) is 22.6 Å². The molecule has 0 aliphatic heterocycles. The maximum atomic E-state index is 4.49. The second-order valence-electron chi connectivity index (χ2n) is 6.84. The molecule has 136 valence electrons. The summed E-state index contributed by atoms with van der Waals surface area (Å²) < 4.78 is 1.85. The monoisotopic (exact) mass is 359 g/mol. The molecule has 1 aromatic carbocycles. The van der Waals surface area contributed by atoms with Crippen LogP contribution in [-0.4, -0.2) is 35.2 Å². The smallest absolute Gasteiger partial charge is 0.159 e. The van der Waals surface area contributed by atoms with E-state index in [-0.39, 0.29) is 6.04 Å². The molecule has 4 rings (SSSR count). The zero-order chi connectivity index (χ0) is 18.8. The van der Waals surface area contributed by atoms with Gasteiger partial charge in [-0.1, -0.05) is 29.0 Å². The fourth-order valence-electron chi connectivity index (χ4n) is 2.99. The number of benzene rings is 1. The molecule has 3 aromatic heterocycles. The molecule has 1 atom stereocenters. The van der Waals surface area contributed by atoms with Crippen LogP contribution in [0.2, 0.25) is 0 Å². The van der Waals surface area contributed by atoms with Crippen molar-refractivity contribution in [1.82, 2.24) is 35.2 Å². The van der Waals surface area contributed by atoms with E-state index in [0.717, 1.165) is 34.6 Å². The number of aromatic amines is 1. The molecular formula is C20H21N7. The summed E-state index contributed by atoms with van der Waals surface area (Å²) in [7, 11) is 0. The van der Waals surface area contributed by atoms with Crippen LogP contribution in [0.1, 0.15) is 29.9 Å². The second-order valence-corrected chi connectivity index (χ2v) is 6.84. The Morgan fingerprint density at radius 1 is 1.07 bits per heavy atom. The van der Waals surface area contributed by atoms with E-state index in [1.807, 2.05) is 36.0 Å². The summed E-state index contributed by atoms with van der Waals surface area (Å²) in [5, 5.41) is 15.8. The summed E-state index contributed by atoms with van der Waals surface area (Å²) in [6.45, 7) is 6.15. The summed E-state index contributed by atoms with van der Waals surface area (Å²) in [5.41, 5.74) is 5.87. The summed E-state index contributed by atoms with van der Waals surface area (Å²) in [4.78, 5) is 8.98.